The Hall–Kier alpha value is -1.39. The van der Waals surface area contributed by atoms with Gasteiger partial charge in [-0.1, -0.05) is 11.6 Å². The lowest BCUT2D eigenvalue weighted by Crippen LogP contribution is -2.22. The summed E-state index contributed by atoms with van der Waals surface area (Å²) in [6.45, 7) is 2.58. The number of carbonyl (C=O) groups is 1. The Morgan fingerprint density at radius 2 is 2.24 bits per heavy atom. The second-order valence-corrected chi connectivity index (χ2v) is 5.32. The molecule has 0 saturated carbocycles. The van der Waals surface area contributed by atoms with Gasteiger partial charge in [0.05, 0.1) is 12.1 Å². The summed E-state index contributed by atoms with van der Waals surface area (Å²) in [5.74, 6) is -0.139. The number of hydrogen-bond donors (Lipinski definition) is 1. The first kappa shape index (κ1) is 12.1. The van der Waals surface area contributed by atoms with Crippen LogP contribution in [-0.4, -0.2) is 10.9 Å². The van der Waals surface area contributed by atoms with Crippen LogP contribution in [-0.2, 0) is 6.54 Å². The van der Waals surface area contributed by atoms with Crippen molar-refractivity contribution >= 4 is 28.8 Å². The van der Waals surface area contributed by atoms with Gasteiger partial charge in [0, 0.05) is 16.0 Å². The molecule has 0 bridgehead atoms. The zero-order chi connectivity index (χ0) is 12.3. The van der Waals surface area contributed by atoms with Crippen LogP contribution in [0.3, 0.4) is 0 Å². The lowest BCUT2D eigenvalue weighted by atomic mass is 10.2. The number of nitrogens with zero attached hydrogens (tertiary/aromatic N) is 1. The molecule has 0 aliphatic carbocycles. The van der Waals surface area contributed by atoms with Crippen LogP contribution in [0.15, 0.2) is 30.5 Å². The van der Waals surface area contributed by atoms with E-state index in [2.05, 4.69) is 10.3 Å². The minimum absolute atomic E-state index is 0.139. The SMILES string of the molecule is Cc1ccc(CNC(=O)c2ccc(Cl)nc2)s1. The number of aryl methyl sites for hydroxylation is 1. The molecule has 0 radical (unpaired) electrons. The van der Waals surface area contributed by atoms with Crippen LogP contribution < -0.4 is 5.32 Å². The summed E-state index contributed by atoms with van der Waals surface area (Å²) in [4.78, 5) is 18.0. The number of aromatic nitrogens is 1. The van der Waals surface area contributed by atoms with E-state index >= 15 is 0 Å². The number of pyridine rings is 1. The van der Waals surface area contributed by atoms with Gasteiger partial charge in [-0.3, -0.25) is 4.79 Å². The van der Waals surface area contributed by atoms with Crippen molar-refractivity contribution in [3.63, 3.8) is 0 Å². The van der Waals surface area contributed by atoms with Crippen LogP contribution in [0.2, 0.25) is 5.15 Å². The summed E-state index contributed by atoms with van der Waals surface area (Å²) in [7, 11) is 0. The summed E-state index contributed by atoms with van der Waals surface area (Å²) in [6, 6.07) is 7.31. The van der Waals surface area contributed by atoms with Crippen molar-refractivity contribution in [3.05, 3.63) is 50.9 Å². The summed E-state index contributed by atoms with van der Waals surface area (Å²) in [6.07, 6.45) is 1.47. The molecular weight excluding hydrogens is 256 g/mol. The highest BCUT2D eigenvalue weighted by Crippen LogP contribution is 2.14. The third kappa shape index (κ3) is 3.28. The Balaban J connectivity index is 1.95. The van der Waals surface area contributed by atoms with Gasteiger partial charge in [0.15, 0.2) is 0 Å². The van der Waals surface area contributed by atoms with Crippen molar-refractivity contribution < 1.29 is 4.79 Å². The number of carbonyl (C=O) groups excluding carboxylic acids is 1. The molecule has 0 aliphatic heterocycles. The minimum atomic E-state index is -0.139. The van der Waals surface area contributed by atoms with Crippen LogP contribution >= 0.6 is 22.9 Å². The maximum atomic E-state index is 11.7. The van der Waals surface area contributed by atoms with Crippen molar-refractivity contribution in [1.82, 2.24) is 10.3 Å². The van der Waals surface area contributed by atoms with Crippen LogP contribution in [0.4, 0.5) is 0 Å². The third-order valence-electron chi connectivity index (χ3n) is 2.21. The van der Waals surface area contributed by atoms with E-state index in [1.165, 1.54) is 11.1 Å². The van der Waals surface area contributed by atoms with Gasteiger partial charge in [-0.2, -0.15) is 0 Å². The normalized spacial score (nSPS) is 10.2. The molecule has 0 fully saturated rings. The van der Waals surface area contributed by atoms with Crippen LogP contribution in [0.5, 0.6) is 0 Å². The van der Waals surface area contributed by atoms with E-state index in [4.69, 9.17) is 11.6 Å². The van der Waals surface area contributed by atoms with Crippen LogP contribution in [0, 0.1) is 6.92 Å². The predicted octanol–water partition coefficient (Wildman–Crippen LogP) is 3.03. The van der Waals surface area contributed by atoms with E-state index < -0.39 is 0 Å². The number of nitrogens with one attached hydrogen (secondary N) is 1. The van der Waals surface area contributed by atoms with Crippen molar-refractivity contribution in [2.45, 2.75) is 13.5 Å². The van der Waals surface area contributed by atoms with Gasteiger partial charge < -0.3 is 5.32 Å². The number of hydrogen-bond acceptors (Lipinski definition) is 3. The second kappa shape index (κ2) is 5.29. The first-order valence-electron chi connectivity index (χ1n) is 5.10. The van der Waals surface area contributed by atoms with E-state index in [0.29, 0.717) is 17.3 Å². The molecule has 2 heterocycles. The highest BCUT2D eigenvalue weighted by Gasteiger charge is 2.06. The highest BCUT2D eigenvalue weighted by molar-refractivity contribution is 7.11. The smallest absolute Gasteiger partial charge is 0.253 e. The second-order valence-electron chi connectivity index (χ2n) is 3.56. The van der Waals surface area contributed by atoms with E-state index in [1.54, 1.807) is 23.5 Å². The number of amides is 1. The monoisotopic (exact) mass is 266 g/mol. The molecule has 2 aromatic rings. The molecule has 5 heteroatoms. The molecule has 2 aromatic heterocycles. The van der Waals surface area contributed by atoms with E-state index in [1.807, 2.05) is 19.1 Å². The Bertz CT molecular complexity index is 522. The molecule has 2 rings (SSSR count). The van der Waals surface area contributed by atoms with Crippen LogP contribution in [0.1, 0.15) is 20.1 Å². The predicted molar refractivity (Wildman–Crippen MR) is 69.5 cm³/mol. The molecule has 17 heavy (non-hydrogen) atoms. The van der Waals surface area contributed by atoms with E-state index in [9.17, 15) is 4.79 Å². The molecule has 0 saturated heterocycles. The lowest BCUT2D eigenvalue weighted by Gasteiger charge is -2.03. The van der Waals surface area contributed by atoms with Gasteiger partial charge in [-0.15, -0.1) is 11.3 Å². The zero-order valence-electron chi connectivity index (χ0n) is 9.24. The average molecular weight is 267 g/mol. The van der Waals surface area contributed by atoms with Crippen molar-refractivity contribution in [3.8, 4) is 0 Å². The molecule has 0 aliphatic rings. The van der Waals surface area contributed by atoms with Gasteiger partial charge in [0.25, 0.3) is 5.91 Å². The van der Waals surface area contributed by atoms with Gasteiger partial charge in [0.2, 0.25) is 0 Å². The summed E-state index contributed by atoms with van der Waals surface area (Å²) >= 11 is 7.33. The fourth-order valence-electron chi connectivity index (χ4n) is 1.36. The Morgan fingerprint density at radius 1 is 1.41 bits per heavy atom. The average Bonchev–Trinajstić information content (AvgIpc) is 2.73. The lowest BCUT2D eigenvalue weighted by molar-refractivity contribution is 0.0951. The quantitative estimate of drug-likeness (QED) is 0.868. The first-order chi connectivity index (χ1) is 8.15. The Morgan fingerprint density at radius 3 is 2.82 bits per heavy atom. The molecule has 3 nitrogen and oxygen atoms in total. The van der Waals surface area contributed by atoms with Gasteiger partial charge in [-0.25, -0.2) is 4.98 Å². The standard InChI is InChI=1S/C12H11ClN2OS/c1-8-2-4-10(17-8)7-15-12(16)9-3-5-11(13)14-6-9/h2-6H,7H2,1H3,(H,15,16). The highest BCUT2D eigenvalue weighted by atomic mass is 35.5. The molecule has 1 N–H and O–H groups in total. The van der Waals surface area contributed by atoms with Gasteiger partial charge in [0.1, 0.15) is 5.15 Å². The largest absolute Gasteiger partial charge is 0.347 e. The molecular formula is C12H11ClN2OS. The molecule has 0 unspecified atom stereocenters. The molecule has 0 atom stereocenters. The molecule has 0 spiro atoms. The van der Waals surface area contributed by atoms with E-state index in [0.717, 1.165) is 4.88 Å². The van der Waals surface area contributed by atoms with Crippen molar-refractivity contribution in [2.75, 3.05) is 0 Å². The Kier molecular flexibility index (Phi) is 3.76. The van der Waals surface area contributed by atoms with E-state index in [-0.39, 0.29) is 5.91 Å². The molecule has 1 amide bonds. The summed E-state index contributed by atoms with van der Waals surface area (Å²) in [5.41, 5.74) is 0.516. The van der Waals surface area contributed by atoms with Crippen molar-refractivity contribution in [1.29, 1.82) is 0 Å². The first-order valence-corrected chi connectivity index (χ1v) is 6.29. The van der Waals surface area contributed by atoms with Crippen molar-refractivity contribution in [2.24, 2.45) is 0 Å². The number of thiophene rings is 1. The minimum Gasteiger partial charge on any atom is -0.347 e. The molecule has 88 valence electrons. The van der Waals surface area contributed by atoms with Gasteiger partial charge in [-0.05, 0) is 31.2 Å². The maximum absolute atomic E-state index is 11.7. The summed E-state index contributed by atoms with van der Waals surface area (Å²) in [5, 5.41) is 3.22. The summed E-state index contributed by atoms with van der Waals surface area (Å²) < 4.78 is 0. The van der Waals surface area contributed by atoms with Crippen LogP contribution in [0.25, 0.3) is 0 Å². The third-order valence-corrected chi connectivity index (χ3v) is 3.43. The van der Waals surface area contributed by atoms with Gasteiger partial charge >= 0.3 is 0 Å². The number of rotatable bonds is 3. The fourth-order valence-corrected chi connectivity index (χ4v) is 2.30. The topological polar surface area (TPSA) is 42.0 Å². The zero-order valence-corrected chi connectivity index (χ0v) is 10.8. The number of halogens is 1. The molecule has 0 aromatic carbocycles. The Labute approximate surface area is 108 Å². The maximum Gasteiger partial charge on any atom is 0.253 e. The fraction of sp³-hybridized carbons (Fsp3) is 0.167.